The summed E-state index contributed by atoms with van der Waals surface area (Å²) in [7, 11) is 0. The van der Waals surface area contributed by atoms with Gasteiger partial charge in [-0.05, 0) is 55.8 Å². The maximum absolute atomic E-state index is 6.04. The van der Waals surface area contributed by atoms with Gasteiger partial charge < -0.3 is 5.32 Å². The molecule has 0 spiro atoms. The van der Waals surface area contributed by atoms with Gasteiger partial charge in [0.1, 0.15) is 0 Å². The van der Waals surface area contributed by atoms with Gasteiger partial charge in [-0.15, -0.1) is 5.10 Å². The lowest BCUT2D eigenvalue weighted by Gasteiger charge is -2.21. The molecular weight excluding hydrogens is 274 g/mol. The third-order valence-electron chi connectivity index (χ3n) is 3.04. The van der Waals surface area contributed by atoms with Crippen molar-refractivity contribution in [1.82, 2.24) is 25.5 Å². The molecule has 0 aliphatic carbocycles. The zero-order valence-corrected chi connectivity index (χ0v) is 13.0. The first-order chi connectivity index (χ1) is 9.37. The molecule has 0 aliphatic heterocycles. The number of rotatable bonds is 4. The Balaban J connectivity index is 2.19. The van der Waals surface area contributed by atoms with Gasteiger partial charge in [-0.2, -0.15) is 0 Å². The monoisotopic (exact) mass is 293 g/mol. The van der Waals surface area contributed by atoms with Crippen molar-refractivity contribution in [3.63, 3.8) is 0 Å². The number of nitrogens with one attached hydrogen (secondary N) is 1. The molecule has 0 fully saturated rings. The summed E-state index contributed by atoms with van der Waals surface area (Å²) in [5.41, 5.74) is 1.11. The number of hydrogen-bond donors (Lipinski definition) is 1. The smallest absolute Gasteiger partial charge is 0.165 e. The molecule has 0 saturated heterocycles. The lowest BCUT2D eigenvalue weighted by molar-refractivity contribution is 0.403. The van der Waals surface area contributed by atoms with E-state index >= 15 is 0 Å². The Morgan fingerprint density at radius 1 is 1.35 bits per heavy atom. The molecule has 108 valence electrons. The Morgan fingerprint density at radius 2 is 2.10 bits per heavy atom. The number of tetrazole rings is 1. The van der Waals surface area contributed by atoms with Crippen molar-refractivity contribution in [3.05, 3.63) is 40.7 Å². The molecule has 1 heterocycles. The van der Waals surface area contributed by atoms with Crippen LogP contribution in [-0.4, -0.2) is 25.7 Å². The highest BCUT2D eigenvalue weighted by Gasteiger charge is 2.17. The van der Waals surface area contributed by atoms with Crippen LogP contribution in [0.1, 0.15) is 45.1 Å². The van der Waals surface area contributed by atoms with Crippen LogP contribution in [0.4, 0.5) is 0 Å². The topological polar surface area (TPSA) is 55.6 Å². The van der Waals surface area contributed by atoms with E-state index in [0.29, 0.717) is 6.54 Å². The molecule has 2 rings (SSSR count). The van der Waals surface area contributed by atoms with E-state index in [-0.39, 0.29) is 11.6 Å². The fourth-order valence-corrected chi connectivity index (χ4v) is 2.08. The number of nitrogens with zero attached hydrogens (tertiary/aromatic N) is 4. The first-order valence-corrected chi connectivity index (χ1v) is 7.02. The predicted octanol–water partition coefficient (Wildman–Crippen LogP) is 2.82. The van der Waals surface area contributed by atoms with Crippen LogP contribution in [0.2, 0.25) is 5.02 Å². The van der Waals surface area contributed by atoms with Gasteiger partial charge in [-0.3, -0.25) is 0 Å². The van der Waals surface area contributed by atoms with Crippen LogP contribution in [0.15, 0.2) is 24.3 Å². The fourth-order valence-electron chi connectivity index (χ4n) is 1.88. The van der Waals surface area contributed by atoms with Crippen LogP contribution in [0, 0.1) is 0 Å². The summed E-state index contributed by atoms with van der Waals surface area (Å²) in [5.74, 6) is 0.812. The Kier molecular flexibility index (Phi) is 4.40. The van der Waals surface area contributed by atoms with Gasteiger partial charge in [-0.25, -0.2) is 4.68 Å². The summed E-state index contributed by atoms with van der Waals surface area (Å²) in [4.78, 5) is 0. The van der Waals surface area contributed by atoms with Crippen molar-refractivity contribution in [2.24, 2.45) is 0 Å². The second kappa shape index (κ2) is 5.89. The molecule has 0 amide bonds. The van der Waals surface area contributed by atoms with Crippen LogP contribution in [0.25, 0.3) is 0 Å². The summed E-state index contributed by atoms with van der Waals surface area (Å²) < 4.78 is 1.82. The van der Waals surface area contributed by atoms with Gasteiger partial charge in [0.2, 0.25) is 0 Å². The third kappa shape index (κ3) is 3.77. The molecule has 2 aromatic rings. The Hall–Kier alpha value is -1.46. The van der Waals surface area contributed by atoms with Crippen molar-refractivity contribution >= 4 is 11.6 Å². The molecule has 1 aromatic heterocycles. The summed E-state index contributed by atoms with van der Waals surface area (Å²) in [5, 5.41) is 16.1. The average Bonchev–Trinajstić information content (AvgIpc) is 2.83. The second-order valence-electron chi connectivity index (χ2n) is 5.87. The van der Waals surface area contributed by atoms with E-state index < -0.39 is 0 Å². The maximum atomic E-state index is 6.04. The highest BCUT2D eigenvalue weighted by Crippen LogP contribution is 2.21. The summed E-state index contributed by atoms with van der Waals surface area (Å²) in [6.07, 6.45) is 0. The number of aromatic nitrogens is 4. The van der Waals surface area contributed by atoms with E-state index in [0.717, 1.165) is 16.4 Å². The minimum absolute atomic E-state index is 0.0239. The van der Waals surface area contributed by atoms with E-state index in [1.165, 1.54) is 0 Å². The highest BCUT2D eigenvalue weighted by molar-refractivity contribution is 6.30. The molecule has 0 aliphatic rings. The molecule has 1 atom stereocenters. The lowest BCUT2D eigenvalue weighted by atomic mass is 10.1. The Labute approximate surface area is 124 Å². The van der Waals surface area contributed by atoms with Crippen LogP contribution in [0.3, 0.4) is 0 Å². The van der Waals surface area contributed by atoms with Gasteiger partial charge >= 0.3 is 0 Å². The molecule has 0 radical (unpaired) electrons. The van der Waals surface area contributed by atoms with Crippen LogP contribution < -0.4 is 5.32 Å². The average molecular weight is 294 g/mol. The summed E-state index contributed by atoms with van der Waals surface area (Å²) in [6, 6.07) is 7.81. The van der Waals surface area contributed by atoms with Crippen molar-refractivity contribution in [2.45, 2.75) is 45.8 Å². The Bertz CT molecular complexity index is 573. The lowest BCUT2D eigenvalue weighted by Crippen LogP contribution is -2.36. The first kappa shape index (κ1) is 14.9. The normalized spacial score (nSPS) is 13.4. The largest absolute Gasteiger partial charge is 0.305 e. The van der Waals surface area contributed by atoms with Crippen LogP contribution in [-0.2, 0) is 6.54 Å². The zero-order valence-electron chi connectivity index (χ0n) is 12.3. The predicted molar refractivity (Wildman–Crippen MR) is 79.7 cm³/mol. The van der Waals surface area contributed by atoms with Crippen molar-refractivity contribution in [2.75, 3.05) is 0 Å². The number of hydrogen-bond acceptors (Lipinski definition) is 4. The van der Waals surface area contributed by atoms with Gasteiger partial charge in [0.25, 0.3) is 0 Å². The zero-order chi connectivity index (χ0) is 14.8. The van der Waals surface area contributed by atoms with Gasteiger partial charge in [0.15, 0.2) is 5.82 Å². The standard InChI is InChI=1S/C14H20ClN5/c1-10(11-6-5-7-12(15)8-11)20-13(17-18-19-20)9-16-14(2,3)4/h5-8,10,16H,9H2,1-4H3. The van der Waals surface area contributed by atoms with E-state index in [2.05, 4.69) is 48.5 Å². The highest BCUT2D eigenvalue weighted by atomic mass is 35.5. The molecule has 5 nitrogen and oxygen atoms in total. The number of halogens is 1. The molecular formula is C14H20ClN5. The van der Waals surface area contributed by atoms with Gasteiger partial charge in [0.05, 0.1) is 12.6 Å². The van der Waals surface area contributed by atoms with E-state index in [1.54, 1.807) is 0 Å². The molecule has 20 heavy (non-hydrogen) atoms. The SMILES string of the molecule is CC(c1cccc(Cl)c1)n1nnnc1CNC(C)(C)C. The third-order valence-corrected chi connectivity index (χ3v) is 3.27. The van der Waals surface area contributed by atoms with Crippen LogP contribution >= 0.6 is 11.6 Å². The van der Waals surface area contributed by atoms with Crippen molar-refractivity contribution in [3.8, 4) is 0 Å². The molecule has 0 saturated carbocycles. The van der Waals surface area contributed by atoms with Crippen molar-refractivity contribution in [1.29, 1.82) is 0 Å². The molecule has 1 N–H and O–H groups in total. The quantitative estimate of drug-likeness (QED) is 0.942. The summed E-state index contributed by atoms with van der Waals surface area (Å²) >= 11 is 6.04. The molecule has 0 bridgehead atoms. The second-order valence-corrected chi connectivity index (χ2v) is 6.31. The molecule has 1 aromatic carbocycles. The van der Waals surface area contributed by atoms with Crippen molar-refractivity contribution < 1.29 is 0 Å². The molecule has 6 heteroatoms. The first-order valence-electron chi connectivity index (χ1n) is 6.64. The van der Waals surface area contributed by atoms with E-state index in [1.807, 2.05) is 28.9 Å². The van der Waals surface area contributed by atoms with Gasteiger partial charge in [0, 0.05) is 10.6 Å². The molecule has 1 unspecified atom stereocenters. The summed E-state index contributed by atoms with van der Waals surface area (Å²) in [6.45, 7) is 9.02. The van der Waals surface area contributed by atoms with Gasteiger partial charge in [-0.1, -0.05) is 23.7 Å². The number of benzene rings is 1. The Morgan fingerprint density at radius 3 is 2.75 bits per heavy atom. The minimum atomic E-state index is 0.0239. The minimum Gasteiger partial charge on any atom is -0.305 e. The van der Waals surface area contributed by atoms with E-state index in [4.69, 9.17) is 11.6 Å². The maximum Gasteiger partial charge on any atom is 0.165 e. The fraction of sp³-hybridized carbons (Fsp3) is 0.500. The van der Waals surface area contributed by atoms with E-state index in [9.17, 15) is 0 Å². The van der Waals surface area contributed by atoms with Crippen LogP contribution in [0.5, 0.6) is 0 Å².